The van der Waals surface area contributed by atoms with Crippen molar-refractivity contribution in [3.8, 4) is 0 Å². The lowest BCUT2D eigenvalue weighted by molar-refractivity contribution is -0.118. The highest BCUT2D eigenvalue weighted by molar-refractivity contribution is 9.10. The van der Waals surface area contributed by atoms with Crippen LogP contribution >= 0.6 is 15.9 Å². The van der Waals surface area contributed by atoms with Crippen LogP contribution < -0.4 is 11.1 Å². The Kier molecular flexibility index (Phi) is 3.31. The molecule has 0 radical (unpaired) electrons. The zero-order valence-corrected chi connectivity index (χ0v) is 10.0. The number of amides is 1. The van der Waals surface area contributed by atoms with Gasteiger partial charge in [-0.2, -0.15) is 0 Å². The van der Waals surface area contributed by atoms with Gasteiger partial charge in [0.2, 0.25) is 5.91 Å². The molecule has 2 rings (SSSR count). The summed E-state index contributed by atoms with van der Waals surface area (Å²) >= 11 is 3.17. The second kappa shape index (κ2) is 4.71. The number of halogens is 1. The van der Waals surface area contributed by atoms with Gasteiger partial charge in [0.15, 0.2) is 5.82 Å². The largest absolute Gasteiger partial charge is 0.324 e. The van der Waals surface area contributed by atoms with E-state index in [0.717, 1.165) is 0 Å². The quantitative estimate of drug-likeness (QED) is 0.796. The highest BCUT2D eigenvalue weighted by Gasteiger charge is 2.22. The van der Waals surface area contributed by atoms with Gasteiger partial charge in [-0.1, -0.05) is 12.2 Å². The molecule has 0 spiro atoms. The summed E-state index contributed by atoms with van der Waals surface area (Å²) in [6.07, 6.45) is 7.35. The normalized spacial score (nSPS) is 23.4. The number of hydrogen-bond donors (Lipinski definition) is 2. The zero-order valence-electron chi connectivity index (χ0n) is 8.43. The summed E-state index contributed by atoms with van der Waals surface area (Å²) in [7, 11) is 0. The molecule has 5 nitrogen and oxygen atoms in total. The summed E-state index contributed by atoms with van der Waals surface area (Å²) in [6.45, 7) is 0. The minimum Gasteiger partial charge on any atom is -0.324 e. The molecular weight excluding hydrogens is 272 g/mol. The van der Waals surface area contributed by atoms with Crippen LogP contribution in [-0.4, -0.2) is 21.9 Å². The Balaban J connectivity index is 1.97. The highest BCUT2D eigenvalue weighted by Crippen LogP contribution is 2.18. The van der Waals surface area contributed by atoms with Crippen molar-refractivity contribution in [2.75, 3.05) is 5.32 Å². The van der Waals surface area contributed by atoms with Crippen molar-refractivity contribution in [2.45, 2.75) is 12.5 Å². The first-order valence-electron chi connectivity index (χ1n) is 4.87. The van der Waals surface area contributed by atoms with Gasteiger partial charge in [0, 0.05) is 6.04 Å². The van der Waals surface area contributed by atoms with Crippen LogP contribution in [0.1, 0.15) is 6.42 Å². The fourth-order valence-electron chi connectivity index (χ4n) is 1.52. The maximum Gasteiger partial charge on any atom is 0.232 e. The molecule has 0 bridgehead atoms. The third-order valence-corrected chi connectivity index (χ3v) is 2.73. The Morgan fingerprint density at radius 3 is 2.81 bits per heavy atom. The fourth-order valence-corrected chi connectivity index (χ4v) is 1.72. The third kappa shape index (κ3) is 2.65. The number of aromatic nitrogens is 2. The molecular formula is C10H11BrN4O. The molecule has 0 aromatic carbocycles. The number of nitrogens with zero attached hydrogens (tertiary/aromatic N) is 2. The average Bonchev–Trinajstić information content (AvgIpc) is 2.68. The first kappa shape index (κ1) is 11.2. The molecule has 2 unspecified atom stereocenters. The summed E-state index contributed by atoms with van der Waals surface area (Å²) in [6, 6.07) is -0.0215. The Hall–Kier alpha value is -1.27. The molecule has 6 heteroatoms. The minimum atomic E-state index is -0.166. The minimum absolute atomic E-state index is 0.0215. The van der Waals surface area contributed by atoms with Crippen molar-refractivity contribution in [1.29, 1.82) is 0 Å². The van der Waals surface area contributed by atoms with E-state index in [9.17, 15) is 4.79 Å². The van der Waals surface area contributed by atoms with Crippen molar-refractivity contribution >= 4 is 27.7 Å². The van der Waals surface area contributed by atoms with E-state index in [2.05, 4.69) is 31.2 Å². The molecule has 1 amide bonds. The van der Waals surface area contributed by atoms with Crippen LogP contribution in [-0.2, 0) is 4.79 Å². The van der Waals surface area contributed by atoms with Crippen LogP contribution in [0.4, 0.5) is 5.82 Å². The Morgan fingerprint density at radius 2 is 2.25 bits per heavy atom. The van der Waals surface area contributed by atoms with E-state index in [1.165, 1.54) is 12.4 Å². The van der Waals surface area contributed by atoms with E-state index in [-0.39, 0.29) is 17.9 Å². The summed E-state index contributed by atoms with van der Waals surface area (Å²) in [5, 5.41) is 2.69. The molecule has 0 saturated heterocycles. The van der Waals surface area contributed by atoms with Gasteiger partial charge in [0.1, 0.15) is 4.60 Å². The maximum atomic E-state index is 11.7. The second-order valence-electron chi connectivity index (χ2n) is 3.60. The first-order chi connectivity index (χ1) is 7.65. The lowest BCUT2D eigenvalue weighted by atomic mass is 10.1. The predicted octanol–water partition coefficient (Wildman–Crippen LogP) is 1.08. The smallest absolute Gasteiger partial charge is 0.232 e. The summed E-state index contributed by atoms with van der Waals surface area (Å²) < 4.78 is 0.633. The van der Waals surface area contributed by atoms with Crippen molar-refractivity contribution in [3.63, 3.8) is 0 Å². The number of carbonyl (C=O) groups excluding carboxylic acids is 1. The number of anilines is 1. The molecule has 3 N–H and O–H groups in total. The van der Waals surface area contributed by atoms with E-state index in [1.807, 2.05) is 12.2 Å². The van der Waals surface area contributed by atoms with E-state index in [4.69, 9.17) is 5.73 Å². The van der Waals surface area contributed by atoms with Crippen molar-refractivity contribution in [1.82, 2.24) is 9.97 Å². The molecule has 1 aromatic rings. The van der Waals surface area contributed by atoms with E-state index >= 15 is 0 Å². The molecule has 1 aliphatic rings. The Morgan fingerprint density at radius 1 is 1.44 bits per heavy atom. The van der Waals surface area contributed by atoms with Crippen molar-refractivity contribution in [3.05, 3.63) is 29.1 Å². The molecule has 1 heterocycles. The van der Waals surface area contributed by atoms with Crippen LogP contribution in [0.2, 0.25) is 0 Å². The average molecular weight is 283 g/mol. The number of rotatable bonds is 2. The van der Waals surface area contributed by atoms with Crippen molar-refractivity contribution in [2.24, 2.45) is 11.7 Å². The van der Waals surface area contributed by atoms with Gasteiger partial charge < -0.3 is 11.1 Å². The Bertz CT molecular complexity index is 417. The van der Waals surface area contributed by atoms with Crippen LogP contribution in [0.15, 0.2) is 29.1 Å². The van der Waals surface area contributed by atoms with E-state index < -0.39 is 0 Å². The molecule has 1 aromatic heterocycles. The van der Waals surface area contributed by atoms with Crippen molar-refractivity contribution < 1.29 is 4.79 Å². The number of hydrogen-bond acceptors (Lipinski definition) is 4. The topological polar surface area (TPSA) is 80.9 Å². The molecule has 0 saturated carbocycles. The fraction of sp³-hybridized carbons (Fsp3) is 0.300. The number of carbonyl (C=O) groups is 1. The van der Waals surface area contributed by atoms with Gasteiger partial charge in [-0.05, 0) is 22.4 Å². The van der Waals surface area contributed by atoms with Crippen LogP contribution in [0.3, 0.4) is 0 Å². The van der Waals surface area contributed by atoms with Crippen LogP contribution in [0.5, 0.6) is 0 Å². The second-order valence-corrected chi connectivity index (χ2v) is 4.42. The zero-order chi connectivity index (χ0) is 11.5. The van der Waals surface area contributed by atoms with Crippen LogP contribution in [0.25, 0.3) is 0 Å². The molecule has 1 aliphatic carbocycles. The van der Waals surface area contributed by atoms with E-state index in [0.29, 0.717) is 16.8 Å². The van der Waals surface area contributed by atoms with Gasteiger partial charge in [0.05, 0.1) is 18.3 Å². The number of nitrogens with two attached hydrogens (primary N) is 1. The molecule has 84 valence electrons. The lowest BCUT2D eigenvalue weighted by Crippen LogP contribution is -2.24. The molecule has 0 fully saturated rings. The summed E-state index contributed by atoms with van der Waals surface area (Å²) in [4.78, 5) is 19.7. The highest BCUT2D eigenvalue weighted by atomic mass is 79.9. The van der Waals surface area contributed by atoms with Gasteiger partial charge in [-0.25, -0.2) is 9.97 Å². The van der Waals surface area contributed by atoms with Gasteiger partial charge >= 0.3 is 0 Å². The van der Waals surface area contributed by atoms with Gasteiger partial charge in [-0.15, -0.1) is 0 Å². The van der Waals surface area contributed by atoms with Gasteiger partial charge in [0.25, 0.3) is 0 Å². The van der Waals surface area contributed by atoms with E-state index in [1.54, 1.807) is 0 Å². The SMILES string of the molecule is NC1C=CC(C(=O)Nc2cnc(Br)cn2)C1. The lowest BCUT2D eigenvalue weighted by Gasteiger charge is -2.09. The Labute approximate surface area is 101 Å². The standard InChI is InChI=1S/C10H11BrN4O/c11-8-4-14-9(5-13-8)15-10(16)6-1-2-7(12)3-6/h1-2,4-7H,3,12H2,(H,14,15,16). The maximum absolute atomic E-state index is 11.7. The molecule has 0 aliphatic heterocycles. The summed E-state index contributed by atoms with van der Waals surface area (Å²) in [5.41, 5.74) is 5.68. The molecule has 2 atom stereocenters. The number of nitrogens with one attached hydrogen (secondary N) is 1. The van der Waals surface area contributed by atoms with Crippen LogP contribution in [0, 0.1) is 5.92 Å². The predicted molar refractivity (Wildman–Crippen MR) is 63.6 cm³/mol. The van der Waals surface area contributed by atoms with Gasteiger partial charge in [-0.3, -0.25) is 4.79 Å². The molecule has 16 heavy (non-hydrogen) atoms. The monoisotopic (exact) mass is 282 g/mol. The summed E-state index contributed by atoms with van der Waals surface area (Å²) in [5.74, 6) is 0.184. The third-order valence-electron chi connectivity index (χ3n) is 2.33. The first-order valence-corrected chi connectivity index (χ1v) is 5.67.